The van der Waals surface area contributed by atoms with E-state index < -0.39 is 0 Å². The average Bonchev–Trinajstić information content (AvgIpc) is 2.82. The maximum absolute atomic E-state index is 12.5. The lowest BCUT2D eigenvalue weighted by Gasteiger charge is -2.31. The lowest BCUT2D eigenvalue weighted by molar-refractivity contribution is 0.0728. The third-order valence-electron chi connectivity index (χ3n) is 6.89. The SMILES string of the molecule is CCCC(C)(CC)Oc1ccc(C(C)(C)c2ccc(OC(=O)c3ccccc3)c(C)c2)cc1C. The van der Waals surface area contributed by atoms with E-state index in [2.05, 4.69) is 71.9 Å². The van der Waals surface area contributed by atoms with E-state index in [1.54, 1.807) is 12.1 Å². The Kier molecular flexibility index (Phi) is 7.86. The van der Waals surface area contributed by atoms with Crippen LogP contribution in [0.5, 0.6) is 11.5 Å². The summed E-state index contributed by atoms with van der Waals surface area (Å²) in [6.45, 7) is 15.1. The lowest BCUT2D eigenvalue weighted by atomic mass is 9.77. The highest BCUT2D eigenvalue weighted by atomic mass is 16.5. The van der Waals surface area contributed by atoms with Crippen molar-refractivity contribution < 1.29 is 14.3 Å². The zero-order valence-electron chi connectivity index (χ0n) is 21.7. The third kappa shape index (κ3) is 5.70. The van der Waals surface area contributed by atoms with Crippen LogP contribution in [0.4, 0.5) is 0 Å². The highest BCUT2D eigenvalue weighted by molar-refractivity contribution is 5.91. The molecule has 0 aromatic heterocycles. The van der Waals surface area contributed by atoms with Crippen LogP contribution in [-0.4, -0.2) is 11.6 Å². The number of hydrogen-bond donors (Lipinski definition) is 0. The summed E-state index contributed by atoms with van der Waals surface area (Å²) in [5.41, 5.74) is 4.66. The second-order valence-corrected chi connectivity index (χ2v) is 10.00. The molecule has 0 bridgehead atoms. The van der Waals surface area contributed by atoms with Crippen molar-refractivity contribution in [1.82, 2.24) is 0 Å². The first kappa shape index (κ1) is 25.6. The van der Waals surface area contributed by atoms with Crippen LogP contribution in [-0.2, 0) is 5.41 Å². The van der Waals surface area contributed by atoms with E-state index in [0.717, 1.165) is 36.1 Å². The largest absolute Gasteiger partial charge is 0.487 e. The Bertz CT molecular complexity index is 1130. The molecule has 3 heteroatoms. The van der Waals surface area contributed by atoms with Gasteiger partial charge in [-0.1, -0.05) is 76.6 Å². The van der Waals surface area contributed by atoms with Crippen molar-refractivity contribution in [3.05, 3.63) is 94.5 Å². The second kappa shape index (κ2) is 10.5. The number of carbonyl (C=O) groups is 1. The molecule has 0 saturated carbocycles. The molecule has 0 N–H and O–H groups in total. The minimum atomic E-state index is -0.343. The smallest absolute Gasteiger partial charge is 0.343 e. The summed E-state index contributed by atoms with van der Waals surface area (Å²) in [6.07, 6.45) is 3.12. The second-order valence-electron chi connectivity index (χ2n) is 10.00. The predicted molar refractivity (Wildman–Crippen MR) is 140 cm³/mol. The first-order valence-corrected chi connectivity index (χ1v) is 12.3. The summed E-state index contributed by atoms with van der Waals surface area (Å²) in [6, 6.07) is 21.6. The van der Waals surface area contributed by atoms with Crippen molar-refractivity contribution in [2.45, 2.75) is 78.7 Å². The minimum absolute atomic E-state index is 0.138. The van der Waals surface area contributed by atoms with Crippen LogP contribution in [0.15, 0.2) is 66.7 Å². The van der Waals surface area contributed by atoms with Crippen molar-refractivity contribution in [1.29, 1.82) is 0 Å². The molecule has 180 valence electrons. The predicted octanol–water partition coefficient (Wildman–Crippen LogP) is 8.20. The van der Waals surface area contributed by atoms with Gasteiger partial charge in [0.1, 0.15) is 17.1 Å². The molecular weight excluding hydrogens is 420 g/mol. The fourth-order valence-electron chi connectivity index (χ4n) is 4.30. The van der Waals surface area contributed by atoms with Gasteiger partial charge in [0.25, 0.3) is 0 Å². The summed E-state index contributed by atoms with van der Waals surface area (Å²) < 4.78 is 12.1. The van der Waals surface area contributed by atoms with Gasteiger partial charge in [0.05, 0.1) is 5.56 Å². The van der Waals surface area contributed by atoms with E-state index in [9.17, 15) is 4.79 Å². The standard InChI is InChI=1S/C31H38O3/c1-8-19-31(7,9-2)34-28-18-16-26(21-23(28)4)30(5,6)25-15-17-27(22(3)20-25)33-29(32)24-13-11-10-12-14-24/h10-18,20-21H,8-9,19H2,1-7H3. The van der Waals surface area contributed by atoms with Crippen molar-refractivity contribution in [2.75, 3.05) is 0 Å². The van der Waals surface area contributed by atoms with Crippen LogP contribution in [0.3, 0.4) is 0 Å². The molecule has 0 spiro atoms. The first-order chi connectivity index (χ1) is 16.1. The molecule has 0 aliphatic heterocycles. The van der Waals surface area contributed by atoms with E-state index in [-0.39, 0.29) is 17.0 Å². The molecule has 0 radical (unpaired) electrons. The highest BCUT2D eigenvalue weighted by Gasteiger charge is 2.27. The summed E-state index contributed by atoms with van der Waals surface area (Å²) in [5, 5.41) is 0. The van der Waals surface area contributed by atoms with Crippen LogP contribution in [0, 0.1) is 13.8 Å². The van der Waals surface area contributed by atoms with E-state index in [4.69, 9.17) is 9.47 Å². The summed E-state index contributed by atoms with van der Waals surface area (Å²) in [4.78, 5) is 12.5. The fraction of sp³-hybridized carbons (Fsp3) is 0.387. The summed E-state index contributed by atoms with van der Waals surface area (Å²) in [5.74, 6) is 1.20. The van der Waals surface area contributed by atoms with E-state index in [0.29, 0.717) is 11.3 Å². The molecular formula is C31H38O3. The van der Waals surface area contributed by atoms with Crippen molar-refractivity contribution in [3.8, 4) is 11.5 Å². The van der Waals surface area contributed by atoms with Gasteiger partial charge in [-0.3, -0.25) is 0 Å². The van der Waals surface area contributed by atoms with E-state index in [1.807, 2.05) is 31.2 Å². The number of carbonyl (C=O) groups excluding carboxylic acids is 1. The topological polar surface area (TPSA) is 35.5 Å². The fourth-order valence-corrected chi connectivity index (χ4v) is 4.30. The van der Waals surface area contributed by atoms with Crippen molar-refractivity contribution in [3.63, 3.8) is 0 Å². The van der Waals surface area contributed by atoms with Gasteiger partial charge in [0.2, 0.25) is 0 Å². The molecule has 3 aromatic rings. The summed E-state index contributed by atoms with van der Waals surface area (Å²) in [7, 11) is 0. The summed E-state index contributed by atoms with van der Waals surface area (Å²) >= 11 is 0. The Morgan fingerprint density at radius 1 is 0.794 bits per heavy atom. The average molecular weight is 459 g/mol. The molecule has 0 aliphatic rings. The normalized spacial score (nSPS) is 13.3. The number of rotatable bonds is 9. The molecule has 0 aliphatic carbocycles. The monoisotopic (exact) mass is 458 g/mol. The Morgan fingerprint density at radius 2 is 1.35 bits per heavy atom. The van der Waals surface area contributed by atoms with Gasteiger partial charge in [-0.15, -0.1) is 0 Å². The van der Waals surface area contributed by atoms with Gasteiger partial charge >= 0.3 is 5.97 Å². The molecule has 34 heavy (non-hydrogen) atoms. The molecule has 0 saturated heterocycles. The van der Waals surface area contributed by atoms with Gasteiger partial charge in [-0.2, -0.15) is 0 Å². The van der Waals surface area contributed by atoms with Gasteiger partial charge in [0.15, 0.2) is 0 Å². The Hall–Kier alpha value is -3.07. The maximum Gasteiger partial charge on any atom is 0.343 e. The van der Waals surface area contributed by atoms with Crippen LogP contribution in [0.25, 0.3) is 0 Å². The number of benzene rings is 3. The highest BCUT2D eigenvalue weighted by Crippen LogP contribution is 2.37. The zero-order valence-corrected chi connectivity index (χ0v) is 21.7. The van der Waals surface area contributed by atoms with Crippen LogP contribution in [0.1, 0.15) is 86.5 Å². The van der Waals surface area contributed by atoms with E-state index >= 15 is 0 Å². The molecule has 3 aromatic carbocycles. The maximum atomic E-state index is 12.5. The van der Waals surface area contributed by atoms with Crippen molar-refractivity contribution in [2.24, 2.45) is 0 Å². The number of hydrogen-bond acceptors (Lipinski definition) is 3. The molecule has 0 amide bonds. The van der Waals surface area contributed by atoms with E-state index in [1.165, 1.54) is 11.1 Å². The molecule has 3 nitrogen and oxygen atoms in total. The van der Waals surface area contributed by atoms with Gasteiger partial charge in [-0.05, 0) is 80.1 Å². The van der Waals surface area contributed by atoms with Gasteiger partial charge in [0, 0.05) is 5.41 Å². The van der Waals surface area contributed by atoms with Crippen LogP contribution >= 0.6 is 0 Å². The Morgan fingerprint density at radius 3 is 1.85 bits per heavy atom. The molecule has 1 unspecified atom stereocenters. The zero-order chi connectivity index (χ0) is 24.9. The molecule has 1 atom stereocenters. The van der Waals surface area contributed by atoms with Crippen LogP contribution in [0.2, 0.25) is 0 Å². The quantitative estimate of drug-likeness (QED) is 0.239. The number of esters is 1. The number of aryl methyl sites for hydroxylation is 2. The Balaban J connectivity index is 1.82. The molecule has 0 fully saturated rings. The van der Waals surface area contributed by atoms with Crippen LogP contribution < -0.4 is 9.47 Å². The lowest BCUT2D eigenvalue weighted by Crippen LogP contribution is -2.31. The van der Waals surface area contributed by atoms with Gasteiger partial charge < -0.3 is 9.47 Å². The van der Waals surface area contributed by atoms with Gasteiger partial charge in [-0.25, -0.2) is 4.79 Å². The molecule has 0 heterocycles. The Labute approximate surface area is 205 Å². The molecule has 3 rings (SSSR count). The minimum Gasteiger partial charge on any atom is -0.487 e. The number of ether oxygens (including phenoxy) is 2. The van der Waals surface area contributed by atoms with Crippen molar-refractivity contribution >= 4 is 5.97 Å². The first-order valence-electron chi connectivity index (χ1n) is 12.3. The third-order valence-corrected chi connectivity index (χ3v) is 6.89.